The van der Waals surface area contributed by atoms with Gasteiger partial charge < -0.3 is 14.6 Å². The molecule has 0 saturated heterocycles. The summed E-state index contributed by atoms with van der Waals surface area (Å²) in [6.07, 6.45) is 4.92. The fraction of sp³-hybridized carbons (Fsp3) is 0.577. The molecule has 0 radical (unpaired) electrons. The SMILES string of the molecule is CSc1nnc(C(CC(C)C)C(=O)NC(=O)[C@@H]2CCCC[C@@H]2NC(=O)c2ccc(CN(C)C)cc2F)o1. The number of aromatic nitrogens is 2. The Kier molecular flexibility index (Phi) is 10.2. The molecule has 2 aromatic rings. The van der Waals surface area contributed by atoms with Crippen LogP contribution in [0.25, 0.3) is 0 Å². The van der Waals surface area contributed by atoms with Crippen molar-refractivity contribution in [1.82, 2.24) is 25.7 Å². The Morgan fingerprint density at radius 3 is 2.54 bits per heavy atom. The van der Waals surface area contributed by atoms with Gasteiger partial charge in [-0.1, -0.05) is 44.5 Å². The molecule has 2 N–H and O–H groups in total. The van der Waals surface area contributed by atoms with E-state index in [1.165, 1.54) is 23.9 Å². The van der Waals surface area contributed by atoms with E-state index in [2.05, 4.69) is 20.8 Å². The number of imide groups is 1. The minimum Gasteiger partial charge on any atom is -0.415 e. The summed E-state index contributed by atoms with van der Waals surface area (Å²) in [7, 11) is 3.76. The molecule has 1 saturated carbocycles. The number of amides is 3. The average molecular weight is 534 g/mol. The molecule has 3 atom stereocenters. The third kappa shape index (κ3) is 7.85. The van der Waals surface area contributed by atoms with Gasteiger partial charge in [-0.2, -0.15) is 0 Å². The van der Waals surface area contributed by atoms with Gasteiger partial charge in [0, 0.05) is 12.6 Å². The summed E-state index contributed by atoms with van der Waals surface area (Å²) in [5, 5.41) is 13.6. The molecule has 0 bridgehead atoms. The molecule has 1 fully saturated rings. The van der Waals surface area contributed by atoms with Crippen molar-refractivity contribution in [2.75, 3.05) is 20.4 Å². The number of hydrogen-bond acceptors (Lipinski definition) is 8. The Bertz CT molecular complexity index is 1110. The van der Waals surface area contributed by atoms with Crippen LogP contribution in [0.3, 0.4) is 0 Å². The second kappa shape index (κ2) is 13.1. The number of thioether (sulfide) groups is 1. The van der Waals surface area contributed by atoms with Crippen molar-refractivity contribution in [1.29, 1.82) is 0 Å². The molecule has 1 heterocycles. The smallest absolute Gasteiger partial charge is 0.276 e. The second-order valence-corrected chi connectivity index (χ2v) is 10.9. The first-order chi connectivity index (χ1) is 17.6. The molecular formula is C26H36FN5O4S. The van der Waals surface area contributed by atoms with Gasteiger partial charge in [-0.15, -0.1) is 10.2 Å². The molecule has 1 aliphatic rings. The van der Waals surface area contributed by atoms with Crippen LogP contribution >= 0.6 is 11.8 Å². The standard InChI is InChI=1S/C26H36FN5O4S/c1-15(2)12-19(25-30-31-26(36-25)37-5)24(35)29-23(34)18-8-6-7-9-21(18)28-22(33)17-11-10-16(13-20(17)27)14-32(3)4/h10-11,13,15,18-19,21H,6-9,12,14H2,1-5H3,(H,28,33)(H,29,34,35)/t18-,19?,21+/m1/s1. The second-order valence-electron chi connectivity index (χ2n) is 10.2. The van der Waals surface area contributed by atoms with E-state index in [-0.39, 0.29) is 17.4 Å². The lowest BCUT2D eigenvalue weighted by atomic mass is 9.83. The van der Waals surface area contributed by atoms with E-state index in [1.54, 1.807) is 12.3 Å². The average Bonchev–Trinajstić information content (AvgIpc) is 3.31. The fourth-order valence-corrected chi connectivity index (χ4v) is 4.90. The minimum absolute atomic E-state index is 0.0682. The van der Waals surface area contributed by atoms with Crippen molar-refractivity contribution in [3.63, 3.8) is 0 Å². The third-order valence-electron chi connectivity index (χ3n) is 6.36. The molecule has 11 heteroatoms. The van der Waals surface area contributed by atoms with Crippen LogP contribution in [0, 0.1) is 17.7 Å². The molecular weight excluding hydrogens is 497 g/mol. The van der Waals surface area contributed by atoms with Gasteiger partial charge in [0.05, 0.1) is 11.5 Å². The van der Waals surface area contributed by atoms with Gasteiger partial charge >= 0.3 is 0 Å². The van der Waals surface area contributed by atoms with Crippen molar-refractivity contribution >= 4 is 29.5 Å². The molecule has 202 valence electrons. The minimum atomic E-state index is -0.760. The third-order valence-corrected chi connectivity index (χ3v) is 6.88. The normalized spacial score (nSPS) is 18.6. The summed E-state index contributed by atoms with van der Waals surface area (Å²) in [4.78, 5) is 41.2. The van der Waals surface area contributed by atoms with E-state index in [9.17, 15) is 18.8 Å². The van der Waals surface area contributed by atoms with Crippen LogP contribution in [0.2, 0.25) is 0 Å². The Morgan fingerprint density at radius 2 is 1.92 bits per heavy atom. The summed E-state index contributed by atoms with van der Waals surface area (Å²) in [6.45, 7) is 4.48. The number of nitrogens with zero attached hydrogens (tertiary/aromatic N) is 3. The van der Waals surface area contributed by atoms with E-state index in [0.29, 0.717) is 31.0 Å². The lowest BCUT2D eigenvalue weighted by Crippen LogP contribution is -2.50. The molecule has 1 aliphatic carbocycles. The van der Waals surface area contributed by atoms with Gasteiger partial charge in [0.1, 0.15) is 11.7 Å². The summed E-state index contributed by atoms with van der Waals surface area (Å²) >= 11 is 1.27. The van der Waals surface area contributed by atoms with Crippen LogP contribution in [0.1, 0.15) is 73.7 Å². The summed E-state index contributed by atoms with van der Waals surface area (Å²) < 4.78 is 20.3. The number of rotatable bonds is 10. The zero-order valence-corrected chi connectivity index (χ0v) is 22.9. The first-order valence-electron chi connectivity index (χ1n) is 12.5. The molecule has 3 amide bonds. The Morgan fingerprint density at radius 1 is 1.19 bits per heavy atom. The van der Waals surface area contributed by atoms with Crippen molar-refractivity contribution in [3.05, 3.63) is 41.0 Å². The highest BCUT2D eigenvalue weighted by atomic mass is 32.2. The zero-order valence-electron chi connectivity index (χ0n) is 22.0. The number of halogens is 1. The first kappa shape index (κ1) is 28.8. The highest BCUT2D eigenvalue weighted by Crippen LogP contribution is 2.28. The van der Waals surface area contributed by atoms with Crippen LogP contribution in [0.5, 0.6) is 0 Å². The number of benzene rings is 1. The van der Waals surface area contributed by atoms with E-state index >= 15 is 0 Å². The highest BCUT2D eigenvalue weighted by Gasteiger charge is 2.36. The quantitative estimate of drug-likeness (QED) is 0.444. The van der Waals surface area contributed by atoms with Gasteiger partial charge in [-0.25, -0.2) is 4.39 Å². The Hall–Kier alpha value is -2.79. The number of hydrogen-bond donors (Lipinski definition) is 2. The Labute approximate surface area is 221 Å². The van der Waals surface area contributed by atoms with Crippen LogP contribution in [0.15, 0.2) is 27.8 Å². The van der Waals surface area contributed by atoms with Crippen molar-refractivity contribution in [2.24, 2.45) is 11.8 Å². The molecule has 1 aromatic heterocycles. The topological polar surface area (TPSA) is 117 Å². The van der Waals surface area contributed by atoms with Crippen LogP contribution < -0.4 is 10.6 Å². The maximum absolute atomic E-state index is 14.7. The van der Waals surface area contributed by atoms with Crippen LogP contribution in [0.4, 0.5) is 4.39 Å². The molecule has 1 unspecified atom stereocenters. The van der Waals surface area contributed by atoms with E-state index in [4.69, 9.17) is 4.42 Å². The largest absolute Gasteiger partial charge is 0.415 e. The van der Waals surface area contributed by atoms with E-state index in [1.807, 2.05) is 32.8 Å². The van der Waals surface area contributed by atoms with E-state index in [0.717, 1.165) is 18.4 Å². The van der Waals surface area contributed by atoms with Gasteiger partial charge in [-0.3, -0.25) is 19.7 Å². The molecule has 3 rings (SSSR count). The number of carbonyl (C=O) groups is 3. The molecule has 9 nitrogen and oxygen atoms in total. The maximum atomic E-state index is 14.7. The predicted molar refractivity (Wildman–Crippen MR) is 138 cm³/mol. The lowest BCUT2D eigenvalue weighted by Gasteiger charge is -2.31. The van der Waals surface area contributed by atoms with Crippen LogP contribution in [-0.2, 0) is 16.1 Å². The fourth-order valence-electron chi connectivity index (χ4n) is 4.61. The first-order valence-corrected chi connectivity index (χ1v) is 13.8. The van der Waals surface area contributed by atoms with Gasteiger partial charge in [0.15, 0.2) is 0 Å². The molecule has 0 spiro atoms. The molecule has 37 heavy (non-hydrogen) atoms. The summed E-state index contributed by atoms with van der Waals surface area (Å²) in [5.41, 5.74) is 0.690. The van der Waals surface area contributed by atoms with E-state index < -0.39 is 41.4 Å². The molecule has 0 aliphatic heterocycles. The van der Waals surface area contributed by atoms with Crippen molar-refractivity contribution < 1.29 is 23.2 Å². The van der Waals surface area contributed by atoms with Crippen LogP contribution in [-0.4, -0.2) is 59.2 Å². The Balaban J connectivity index is 1.70. The van der Waals surface area contributed by atoms with Crippen molar-refractivity contribution in [2.45, 2.75) is 69.7 Å². The highest BCUT2D eigenvalue weighted by molar-refractivity contribution is 7.98. The predicted octanol–water partition coefficient (Wildman–Crippen LogP) is 3.75. The summed E-state index contributed by atoms with van der Waals surface area (Å²) in [5.74, 6) is -3.20. The maximum Gasteiger partial charge on any atom is 0.276 e. The van der Waals surface area contributed by atoms with Gasteiger partial charge in [-0.05, 0) is 63.2 Å². The lowest BCUT2D eigenvalue weighted by molar-refractivity contribution is -0.135. The monoisotopic (exact) mass is 533 g/mol. The van der Waals surface area contributed by atoms with Gasteiger partial charge in [0.25, 0.3) is 11.1 Å². The number of carbonyl (C=O) groups excluding carboxylic acids is 3. The zero-order chi connectivity index (χ0) is 27.1. The molecule has 1 aromatic carbocycles. The van der Waals surface area contributed by atoms with Gasteiger partial charge in [0.2, 0.25) is 17.7 Å². The van der Waals surface area contributed by atoms with Crippen molar-refractivity contribution in [3.8, 4) is 0 Å². The summed E-state index contributed by atoms with van der Waals surface area (Å²) in [6, 6.07) is 4.03. The number of nitrogens with one attached hydrogen (secondary N) is 2.